The highest BCUT2D eigenvalue weighted by molar-refractivity contribution is 7.71. The molecule has 1 aromatic carbocycles. The quantitative estimate of drug-likeness (QED) is 0.800. The summed E-state index contributed by atoms with van der Waals surface area (Å²) in [6, 6.07) is 7.45. The van der Waals surface area contributed by atoms with E-state index in [9.17, 15) is 4.79 Å². The molecule has 1 amide bonds. The molecule has 2 aromatic rings. The SMILES string of the molecule is CC(=O)Nc1cccc(-c2n[nH]c(=S)n2C)c1. The van der Waals surface area contributed by atoms with E-state index in [1.54, 1.807) is 4.57 Å². The zero-order chi connectivity index (χ0) is 12.4. The predicted octanol–water partition coefficient (Wildman–Crippen LogP) is 2.10. The minimum absolute atomic E-state index is 0.0995. The van der Waals surface area contributed by atoms with Crippen LogP contribution in [-0.2, 0) is 11.8 Å². The number of amides is 1. The van der Waals surface area contributed by atoms with Gasteiger partial charge >= 0.3 is 0 Å². The van der Waals surface area contributed by atoms with E-state index in [1.807, 2.05) is 31.3 Å². The topological polar surface area (TPSA) is 62.7 Å². The molecule has 1 heterocycles. The van der Waals surface area contributed by atoms with Crippen LogP contribution in [-0.4, -0.2) is 20.7 Å². The summed E-state index contributed by atoms with van der Waals surface area (Å²) < 4.78 is 2.34. The van der Waals surface area contributed by atoms with E-state index < -0.39 is 0 Å². The lowest BCUT2D eigenvalue weighted by Gasteiger charge is -2.05. The normalized spacial score (nSPS) is 10.2. The molecule has 17 heavy (non-hydrogen) atoms. The first kappa shape index (κ1) is 11.5. The third kappa shape index (κ3) is 2.42. The summed E-state index contributed by atoms with van der Waals surface area (Å²) in [5.41, 5.74) is 1.63. The Morgan fingerprint density at radius 3 is 2.88 bits per heavy atom. The van der Waals surface area contributed by atoms with E-state index in [2.05, 4.69) is 15.5 Å². The molecule has 0 aliphatic heterocycles. The first-order valence-electron chi connectivity index (χ1n) is 5.07. The minimum Gasteiger partial charge on any atom is -0.326 e. The van der Waals surface area contributed by atoms with Gasteiger partial charge in [0.05, 0.1) is 0 Å². The van der Waals surface area contributed by atoms with E-state index in [1.165, 1.54) is 6.92 Å². The number of rotatable bonds is 2. The maximum atomic E-state index is 11.0. The Kier molecular flexibility index (Phi) is 3.06. The number of nitrogens with one attached hydrogen (secondary N) is 2. The number of anilines is 1. The molecule has 6 heteroatoms. The number of hydrogen-bond acceptors (Lipinski definition) is 3. The van der Waals surface area contributed by atoms with Crippen LogP contribution in [0.25, 0.3) is 11.4 Å². The van der Waals surface area contributed by atoms with Gasteiger partial charge in [0.1, 0.15) is 0 Å². The van der Waals surface area contributed by atoms with Crippen LogP contribution in [0.2, 0.25) is 0 Å². The van der Waals surface area contributed by atoms with Gasteiger partial charge in [-0.05, 0) is 24.4 Å². The molecule has 0 atom stereocenters. The Morgan fingerprint density at radius 1 is 1.53 bits per heavy atom. The van der Waals surface area contributed by atoms with Crippen LogP contribution in [0.3, 0.4) is 0 Å². The van der Waals surface area contributed by atoms with Gasteiger partial charge in [-0.3, -0.25) is 9.89 Å². The van der Waals surface area contributed by atoms with Crippen LogP contribution in [0.1, 0.15) is 6.92 Å². The highest BCUT2D eigenvalue weighted by atomic mass is 32.1. The molecule has 2 rings (SSSR count). The van der Waals surface area contributed by atoms with Crippen molar-refractivity contribution in [1.29, 1.82) is 0 Å². The Hall–Kier alpha value is -1.95. The average Bonchev–Trinajstić information content (AvgIpc) is 2.59. The number of H-pyrrole nitrogens is 1. The Balaban J connectivity index is 2.43. The van der Waals surface area contributed by atoms with Crippen molar-refractivity contribution >= 4 is 23.8 Å². The summed E-state index contributed by atoms with van der Waals surface area (Å²) in [4.78, 5) is 11.0. The largest absolute Gasteiger partial charge is 0.326 e. The molecule has 5 nitrogen and oxygen atoms in total. The number of carbonyl (C=O) groups excluding carboxylic acids is 1. The lowest BCUT2D eigenvalue weighted by atomic mass is 10.2. The van der Waals surface area contributed by atoms with Gasteiger partial charge in [-0.2, -0.15) is 5.10 Å². The van der Waals surface area contributed by atoms with Crippen LogP contribution in [0.5, 0.6) is 0 Å². The van der Waals surface area contributed by atoms with Crippen molar-refractivity contribution in [1.82, 2.24) is 14.8 Å². The fourth-order valence-electron chi connectivity index (χ4n) is 1.54. The van der Waals surface area contributed by atoms with Crippen molar-refractivity contribution < 1.29 is 4.79 Å². The van der Waals surface area contributed by atoms with E-state index in [4.69, 9.17) is 12.2 Å². The van der Waals surface area contributed by atoms with Crippen molar-refractivity contribution in [2.75, 3.05) is 5.32 Å². The number of benzene rings is 1. The summed E-state index contributed by atoms with van der Waals surface area (Å²) in [6.07, 6.45) is 0. The van der Waals surface area contributed by atoms with E-state index in [0.717, 1.165) is 17.1 Å². The Labute approximate surface area is 103 Å². The standard InChI is InChI=1S/C11H12N4OS/c1-7(16)12-9-5-3-4-8(6-9)10-13-14-11(17)15(10)2/h3-6H,1-2H3,(H,12,16)(H,14,17). The van der Waals surface area contributed by atoms with Gasteiger partial charge in [-0.25, -0.2) is 0 Å². The van der Waals surface area contributed by atoms with Crippen molar-refractivity contribution in [2.45, 2.75) is 6.92 Å². The molecule has 0 saturated heterocycles. The molecule has 0 fully saturated rings. The van der Waals surface area contributed by atoms with E-state index in [0.29, 0.717) is 4.77 Å². The number of carbonyl (C=O) groups is 1. The zero-order valence-corrected chi connectivity index (χ0v) is 10.3. The van der Waals surface area contributed by atoms with Gasteiger partial charge in [0, 0.05) is 25.2 Å². The molecule has 0 spiro atoms. The maximum Gasteiger partial charge on any atom is 0.221 e. The molecule has 0 aliphatic rings. The van der Waals surface area contributed by atoms with Gasteiger partial charge in [0.15, 0.2) is 10.6 Å². The number of aromatic amines is 1. The molecule has 0 saturated carbocycles. The highest BCUT2D eigenvalue weighted by Gasteiger charge is 2.06. The maximum absolute atomic E-state index is 11.0. The summed E-state index contributed by atoms with van der Waals surface area (Å²) in [5, 5.41) is 9.59. The van der Waals surface area contributed by atoms with Gasteiger partial charge < -0.3 is 9.88 Å². The lowest BCUT2D eigenvalue weighted by molar-refractivity contribution is -0.114. The van der Waals surface area contributed by atoms with E-state index >= 15 is 0 Å². The molecule has 88 valence electrons. The molecular formula is C11H12N4OS. The third-order valence-corrected chi connectivity index (χ3v) is 2.69. The van der Waals surface area contributed by atoms with Crippen LogP contribution >= 0.6 is 12.2 Å². The molecule has 0 aliphatic carbocycles. The summed E-state index contributed by atoms with van der Waals surface area (Å²) in [5.74, 6) is 0.639. The second kappa shape index (κ2) is 4.50. The molecule has 1 aromatic heterocycles. The minimum atomic E-state index is -0.0995. The lowest BCUT2D eigenvalue weighted by Crippen LogP contribution is -2.05. The number of aromatic nitrogens is 3. The smallest absolute Gasteiger partial charge is 0.221 e. The molecule has 0 radical (unpaired) electrons. The van der Waals surface area contributed by atoms with Crippen molar-refractivity contribution in [3.05, 3.63) is 29.0 Å². The molecule has 2 N–H and O–H groups in total. The van der Waals surface area contributed by atoms with Gasteiger partial charge in [0.2, 0.25) is 5.91 Å². The van der Waals surface area contributed by atoms with Crippen LogP contribution in [0.4, 0.5) is 5.69 Å². The van der Waals surface area contributed by atoms with Crippen molar-refractivity contribution in [3.8, 4) is 11.4 Å². The summed E-state index contributed by atoms with van der Waals surface area (Å²) >= 11 is 5.05. The monoisotopic (exact) mass is 248 g/mol. The van der Waals surface area contributed by atoms with Gasteiger partial charge in [-0.1, -0.05) is 12.1 Å². The van der Waals surface area contributed by atoms with Gasteiger partial charge in [-0.15, -0.1) is 0 Å². The predicted molar refractivity (Wildman–Crippen MR) is 68.1 cm³/mol. The van der Waals surface area contributed by atoms with Crippen molar-refractivity contribution in [2.24, 2.45) is 7.05 Å². The van der Waals surface area contributed by atoms with E-state index in [-0.39, 0.29) is 5.91 Å². The second-order valence-electron chi connectivity index (χ2n) is 3.67. The van der Waals surface area contributed by atoms with Crippen molar-refractivity contribution in [3.63, 3.8) is 0 Å². The first-order valence-corrected chi connectivity index (χ1v) is 5.48. The zero-order valence-electron chi connectivity index (χ0n) is 9.52. The van der Waals surface area contributed by atoms with Gasteiger partial charge in [0.25, 0.3) is 0 Å². The van der Waals surface area contributed by atoms with Crippen LogP contribution in [0, 0.1) is 4.77 Å². The fraction of sp³-hybridized carbons (Fsp3) is 0.182. The number of hydrogen-bond donors (Lipinski definition) is 2. The first-order chi connectivity index (χ1) is 8.08. The summed E-state index contributed by atoms with van der Waals surface area (Å²) in [7, 11) is 1.84. The fourth-order valence-corrected chi connectivity index (χ4v) is 1.68. The summed E-state index contributed by atoms with van der Waals surface area (Å²) in [6.45, 7) is 1.47. The molecule has 0 bridgehead atoms. The highest BCUT2D eigenvalue weighted by Crippen LogP contribution is 2.20. The number of nitrogens with zero attached hydrogens (tertiary/aromatic N) is 2. The Bertz CT molecular complexity index is 614. The van der Waals surface area contributed by atoms with Crippen LogP contribution in [0.15, 0.2) is 24.3 Å². The average molecular weight is 248 g/mol. The third-order valence-electron chi connectivity index (χ3n) is 2.32. The molecular weight excluding hydrogens is 236 g/mol. The van der Waals surface area contributed by atoms with Crippen LogP contribution < -0.4 is 5.32 Å². The Morgan fingerprint density at radius 2 is 2.29 bits per heavy atom. The second-order valence-corrected chi connectivity index (χ2v) is 4.06. The molecule has 0 unspecified atom stereocenters.